The van der Waals surface area contributed by atoms with E-state index < -0.39 is 5.97 Å². The molecule has 1 heterocycles. The van der Waals surface area contributed by atoms with Gasteiger partial charge in [0.15, 0.2) is 0 Å². The summed E-state index contributed by atoms with van der Waals surface area (Å²) in [7, 11) is 0. The Bertz CT molecular complexity index is 634. The summed E-state index contributed by atoms with van der Waals surface area (Å²) in [6.45, 7) is -0.109. The Morgan fingerprint density at radius 3 is 2.85 bits per heavy atom. The number of hydrogen-bond acceptors (Lipinski definition) is 3. The zero-order valence-electron chi connectivity index (χ0n) is 11.1. The van der Waals surface area contributed by atoms with Crippen molar-refractivity contribution in [3.05, 3.63) is 41.6 Å². The van der Waals surface area contributed by atoms with Gasteiger partial charge in [-0.05, 0) is 19.3 Å². The number of nitrogens with zero attached hydrogens (tertiary/aromatic N) is 2. The van der Waals surface area contributed by atoms with Crippen LogP contribution in [0.5, 0.6) is 0 Å². The number of rotatable bonds is 3. The highest BCUT2D eigenvalue weighted by atomic mass is 16.4. The fourth-order valence-electron chi connectivity index (χ4n) is 2.87. The lowest BCUT2D eigenvalue weighted by atomic mass is 9.89. The highest BCUT2D eigenvalue weighted by molar-refractivity contribution is 5.69. The van der Waals surface area contributed by atoms with Crippen molar-refractivity contribution in [3.63, 3.8) is 0 Å². The predicted molar refractivity (Wildman–Crippen MR) is 75.2 cm³/mol. The number of fused-ring (bicyclic) bond motifs is 1. The Kier molecular flexibility index (Phi) is 3.28. The molecule has 1 aliphatic rings. The average molecular weight is 271 g/mol. The molecule has 2 aromatic rings. The number of hydrogen-bond donors (Lipinski definition) is 2. The molecule has 104 valence electrons. The van der Waals surface area contributed by atoms with Crippen molar-refractivity contribution in [1.82, 2.24) is 9.78 Å². The quantitative estimate of drug-likeness (QED) is 0.894. The molecule has 5 heteroatoms. The van der Waals surface area contributed by atoms with Gasteiger partial charge in [-0.1, -0.05) is 30.3 Å². The van der Waals surface area contributed by atoms with Crippen molar-refractivity contribution >= 4 is 5.97 Å². The summed E-state index contributed by atoms with van der Waals surface area (Å²) in [4.78, 5) is 11.0. The second-order valence-electron chi connectivity index (χ2n) is 5.13. The second-order valence-corrected chi connectivity index (χ2v) is 5.13. The van der Waals surface area contributed by atoms with Crippen molar-refractivity contribution in [2.45, 2.75) is 31.8 Å². The van der Waals surface area contributed by atoms with Crippen LogP contribution in [0, 0.1) is 0 Å². The maximum Gasteiger partial charge on any atom is 0.325 e. The van der Waals surface area contributed by atoms with Crippen LogP contribution < -0.4 is 5.73 Å². The van der Waals surface area contributed by atoms with Crippen LogP contribution in [0.1, 0.15) is 30.1 Å². The zero-order chi connectivity index (χ0) is 14.1. The first-order valence-corrected chi connectivity index (χ1v) is 6.79. The van der Waals surface area contributed by atoms with Crippen LogP contribution in [-0.2, 0) is 17.8 Å². The molecular formula is C15H17N3O2. The van der Waals surface area contributed by atoms with Crippen LogP contribution in [0.4, 0.5) is 0 Å². The van der Waals surface area contributed by atoms with Crippen LogP contribution >= 0.6 is 0 Å². The van der Waals surface area contributed by atoms with Gasteiger partial charge in [-0.2, -0.15) is 5.10 Å². The molecule has 3 N–H and O–H groups in total. The minimum Gasteiger partial charge on any atom is -0.480 e. The number of carboxylic acids is 1. The number of nitrogens with two attached hydrogens (primary N) is 1. The number of benzene rings is 1. The molecule has 0 amide bonds. The van der Waals surface area contributed by atoms with Gasteiger partial charge in [-0.25, -0.2) is 0 Å². The van der Waals surface area contributed by atoms with E-state index in [1.807, 2.05) is 30.3 Å². The number of carboxylic acid groups (broad SMARTS) is 1. The Morgan fingerprint density at radius 1 is 1.40 bits per heavy atom. The van der Waals surface area contributed by atoms with Crippen molar-refractivity contribution in [2.75, 3.05) is 0 Å². The summed E-state index contributed by atoms with van der Waals surface area (Å²) in [5.74, 6) is -0.881. The maximum atomic E-state index is 11.0. The SMILES string of the molecule is NC1CCCc2c1c(-c1ccccc1)nn2CC(=O)O. The first-order valence-electron chi connectivity index (χ1n) is 6.79. The van der Waals surface area contributed by atoms with E-state index in [0.717, 1.165) is 41.8 Å². The smallest absolute Gasteiger partial charge is 0.325 e. The van der Waals surface area contributed by atoms with Gasteiger partial charge in [-0.3, -0.25) is 9.48 Å². The average Bonchev–Trinajstić information content (AvgIpc) is 2.79. The van der Waals surface area contributed by atoms with Crippen LogP contribution in [0.25, 0.3) is 11.3 Å². The van der Waals surface area contributed by atoms with E-state index in [1.165, 1.54) is 0 Å². The minimum absolute atomic E-state index is 0.0588. The molecule has 20 heavy (non-hydrogen) atoms. The van der Waals surface area contributed by atoms with Crippen LogP contribution in [0.3, 0.4) is 0 Å². The predicted octanol–water partition coefficient (Wildman–Crippen LogP) is 1.97. The van der Waals surface area contributed by atoms with Crippen LogP contribution in [-0.4, -0.2) is 20.9 Å². The Morgan fingerprint density at radius 2 is 2.15 bits per heavy atom. The molecule has 1 aromatic heterocycles. The van der Waals surface area contributed by atoms with Crippen molar-refractivity contribution in [2.24, 2.45) is 5.73 Å². The lowest BCUT2D eigenvalue weighted by molar-refractivity contribution is -0.137. The van der Waals surface area contributed by atoms with Gasteiger partial charge in [0.05, 0.1) is 5.69 Å². The van der Waals surface area contributed by atoms with E-state index in [1.54, 1.807) is 4.68 Å². The second kappa shape index (κ2) is 5.09. The van der Waals surface area contributed by atoms with Gasteiger partial charge in [0.1, 0.15) is 6.54 Å². The van der Waals surface area contributed by atoms with Gasteiger partial charge in [0, 0.05) is 22.9 Å². The normalized spacial score (nSPS) is 17.8. The fourth-order valence-corrected chi connectivity index (χ4v) is 2.87. The summed E-state index contributed by atoms with van der Waals surface area (Å²) in [5.41, 5.74) is 10.0. The first kappa shape index (κ1) is 12.9. The number of aliphatic carboxylic acids is 1. The molecule has 0 saturated heterocycles. The summed E-state index contributed by atoms with van der Waals surface area (Å²) in [6.07, 6.45) is 2.75. The molecular weight excluding hydrogens is 254 g/mol. The lowest BCUT2D eigenvalue weighted by Gasteiger charge is -2.20. The molecule has 1 aliphatic carbocycles. The Balaban J connectivity index is 2.14. The van der Waals surface area contributed by atoms with E-state index in [0.29, 0.717) is 0 Å². The molecule has 1 aromatic carbocycles. The topological polar surface area (TPSA) is 81.1 Å². The molecule has 0 aliphatic heterocycles. The van der Waals surface area contributed by atoms with E-state index in [4.69, 9.17) is 10.8 Å². The van der Waals surface area contributed by atoms with Gasteiger partial charge >= 0.3 is 5.97 Å². The third kappa shape index (κ3) is 2.20. The molecule has 3 rings (SSSR count). The van der Waals surface area contributed by atoms with E-state index in [-0.39, 0.29) is 12.6 Å². The minimum atomic E-state index is -0.881. The highest BCUT2D eigenvalue weighted by Crippen LogP contribution is 2.35. The molecule has 1 atom stereocenters. The first-order chi connectivity index (χ1) is 9.66. The van der Waals surface area contributed by atoms with Gasteiger partial charge in [0.25, 0.3) is 0 Å². The van der Waals surface area contributed by atoms with Crippen molar-refractivity contribution in [3.8, 4) is 11.3 Å². The summed E-state index contributed by atoms with van der Waals surface area (Å²) in [5, 5.41) is 13.5. The summed E-state index contributed by atoms with van der Waals surface area (Å²) in [6, 6.07) is 9.75. The molecule has 0 bridgehead atoms. The standard InChI is InChI=1S/C15H17N3O2/c16-11-7-4-8-12-14(11)15(10-5-2-1-3-6-10)17-18(12)9-13(19)20/h1-3,5-6,11H,4,7-9,16H2,(H,19,20). The molecule has 0 fully saturated rings. The highest BCUT2D eigenvalue weighted by Gasteiger charge is 2.27. The monoisotopic (exact) mass is 271 g/mol. The third-order valence-electron chi connectivity index (χ3n) is 3.73. The van der Waals surface area contributed by atoms with Crippen molar-refractivity contribution < 1.29 is 9.90 Å². The van der Waals surface area contributed by atoms with E-state index in [2.05, 4.69) is 5.10 Å². The van der Waals surface area contributed by atoms with Gasteiger partial charge in [-0.15, -0.1) is 0 Å². The van der Waals surface area contributed by atoms with Gasteiger partial charge in [0.2, 0.25) is 0 Å². The molecule has 0 saturated carbocycles. The summed E-state index contributed by atoms with van der Waals surface area (Å²) >= 11 is 0. The Hall–Kier alpha value is -2.14. The zero-order valence-corrected chi connectivity index (χ0v) is 11.1. The van der Waals surface area contributed by atoms with Crippen LogP contribution in [0.15, 0.2) is 30.3 Å². The number of carbonyl (C=O) groups is 1. The van der Waals surface area contributed by atoms with Crippen LogP contribution in [0.2, 0.25) is 0 Å². The lowest BCUT2D eigenvalue weighted by Crippen LogP contribution is -2.20. The fraction of sp³-hybridized carbons (Fsp3) is 0.333. The van der Waals surface area contributed by atoms with Gasteiger partial charge < -0.3 is 10.8 Å². The van der Waals surface area contributed by atoms with Crippen molar-refractivity contribution in [1.29, 1.82) is 0 Å². The molecule has 5 nitrogen and oxygen atoms in total. The molecule has 1 unspecified atom stereocenters. The molecule has 0 radical (unpaired) electrons. The number of aromatic nitrogens is 2. The molecule has 0 spiro atoms. The maximum absolute atomic E-state index is 11.0. The van der Waals surface area contributed by atoms with E-state index in [9.17, 15) is 4.79 Å². The Labute approximate surface area is 117 Å². The largest absolute Gasteiger partial charge is 0.480 e. The summed E-state index contributed by atoms with van der Waals surface area (Å²) < 4.78 is 1.60. The third-order valence-corrected chi connectivity index (χ3v) is 3.73. The van der Waals surface area contributed by atoms with E-state index >= 15 is 0 Å².